The van der Waals surface area contributed by atoms with Crippen molar-refractivity contribution in [2.45, 2.75) is 25.4 Å². The van der Waals surface area contributed by atoms with E-state index in [1.165, 1.54) is 7.05 Å². The quantitative estimate of drug-likeness (QED) is 0.820. The van der Waals surface area contributed by atoms with Crippen LogP contribution < -0.4 is 5.32 Å². The molecule has 0 saturated carbocycles. The second-order valence-electron chi connectivity index (χ2n) is 4.50. The van der Waals surface area contributed by atoms with Gasteiger partial charge in [-0.05, 0) is 18.6 Å². The van der Waals surface area contributed by atoms with E-state index in [9.17, 15) is 14.7 Å². The van der Waals surface area contributed by atoms with Crippen LogP contribution in [0, 0.1) is 0 Å². The molecule has 0 spiro atoms. The highest BCUT2D eigenvalue weighted by Gasteiger charge is 2.31. The van der Waals surface area contributed by atoms with E-state index in [4.69, 9.17) is 11.6 Å². The molecule has 1 aromatic rings. The fourth-order valence-electron chi connectivity index (χ4n) is 2.05. The molecular formula is C13H15ClN2O3. The first-order chi connectivity index (χ1) is 9.00. The van der Waals surface area contributed by atoms with Gasteiger partial charge in [-0.3, -0.25) is 14.5 Å². The summed E-state index contributed by atoms with van der Waals surface area (Å²) in [6, 6.07) is 4.45. The second kappa shape index (κ2) is 5.59. The lowest BCUT2D eigenvalue weighted by atomic mass is 10.0. The van der Waals surface area contributed by atoms with Crippen molar-refractivity contribution in [2.24, 2.45) is 0 Å². The molecule has 19 heavy (non-hydrogen) atoms. The lowest BCUT2D eigenvalue weighted by molar-refractivity contribution is -0.148. The van der Waals surface area contributed by atoms with Crippen molar-refractivity contribution in [3.8, 4) is 5.75 Å². The number of carbonyl (C=O) groups excluding carboxylic acids is 2. The van der Waals surface area contributed by atoms with Gasteiger partial charge in [0.25, 0.3) is 0 Å². The molecule has 1 aromatic carbocycles. The molecule has 0 aliphatic carbocycles. The van der Waals surface area contributed by atoms with Crippen LogP contribution in [0.4, 0.5) is 0 Å². The predicted molar refractivity (Wildman–Crippen MR) is 70.8 cm³/mol. The number of nitrogens with zero attached hydrogens (tertiary/aromatic N) is 1. The molecule has 2 N–H and O–H groups in total. The zero-order chi connectivity index (χ0) is 14.0. The molecule has 1 unspecified atom stereocenters. The molecule has 102 valence electrons. The number of nitrogens with one attached hydrogen (secondary N) is 1. The molecule has 0 bridgehead atoms. The topological polar surface area (TPSA) is 69.6 Å². The first kappa shape index (κ1) is 13.8. The van der Waals surface area contributed by atoms with Crippen molar-refractivity contribution >= 4 is 23.4 Å². The lowest BCUT2D eigenvalue weighted by Gasteiger charge is -2.28. The van der Waals surface area contributed by atoms with E-state index in [2.05, 4.69) is 5.32 Å². The number of rotatable bonds is 3. The van der Waals surface area contributed by atoms with Crippen LogP contribution in [0.2, 0.25) is 5.02 Å². The highest BCUT2D eigenvalue weighted by molar-refractivity contribution is 6.31. The van der Waals surface area contributed by atoms with Gasteiger partial charge in [0.15, 0.2) is 0 Å². The largest absolute Gasteiger partial charge is 0.508 e. The van der Waals surface area contributed by atoms with E-state index < -0.39 is 6.04 Å². The standard InChI is InChI=1S/C13H15ClN2O3/c1-16-12(18)6-5-10(13(16)19)15-7-8-9(14)3-2-4-11(8)17/h2-4,10,15,17H,5-7H2,1H3. The third-order valence-electron chi connectivity index (χ3n) is 3.27. The van der Waals surface area contributed by atoms with E-state index in [0.717, 1.165) is 4.90 Å². The minimum atomic E-state index is -0.418. The molecule has 1 aliphatic rings. The molecule has 1 atom stereocenters. The first-order valence-electron chi connectivity index (χ1n) is 6.01. The molecule has 0 radical (unpaired) electrons. The number of hydrogen-bond acceptors (Lipinski definition) is 4. The van der Waals surface area contributed by atoms with Crippen LogP contribution in [0.5, 0.6) is 5.75 Å². The first-order valence-corrected chi connectivity index (χ1v) is 6.38. The molecule has 5 nitrogen and oxygen atoms in total. The molecule has 0 aromatic heterocycles. The van der Waals surface area contributed by atoms with Crippen molar-refractivity contribution in [1.29, 1.82) is 0 Å². The summed E-state index contributed by atoms with van der Waals surface area (Å²) >= 11 is 5.99. The Morgan fingerprint density at radius 2 is 2.21 bits per heavy atom. The number of likely N-dealkylation sites (N-methyl/N-ethyl adjacent to an activating group) is 1. The number of benzene rings is 1. The van der Waals surface area contributed by atoms with Crippen molar-refractivity contribution in [3.63, 3.8) is 0 Å². The number of halogens is 1. The Bertz CT molecular complexity index is 498. The average molecular weight is 283 g/mol. The summed E-state index contributed by atoms with van der Waals surface area (Å²) in [4.78, 5) is 24.4. The number of phenolic OH excluding ortho intramolecular Hbond substituents is 1. The molecule has 1 aliphatic heterocycles. The number of amides is 2. The van der Waals surface area contributed by atoms with E-state index in [0.29, 0.717) is 23.4 Å². The molecule has 2 amide bonds. The van der Waals surface area contributed by atoms with E-state index >= 15 is 0 Å². The Morgan fingerprint density at radius 3 is 2.89 bits per heavy atom. The summed E-state index contributed by atoms with van der Waals surface area (Å²) in [5.74, 6) is -0.320. The Hall–Kier alpha value is -1.59. The average Bonchev–Trinajstić information content (AvgIpc) is 2.38. The summed E-state index contributed by atoms with van der Waals surface area (Å²) in [5, 5.41) is 13.2. The fraction of sp³-hybridized carbons (Fsp3) is 0.385. The zero-order valence-corrected chi connectivity index (χ0v) is 11.3. The summed E-state index contributed by atoms with van der Waals surface area (Å²) in [7, 11) is 1.48. The third-order valence-corrected chi connectivity index (χ3v) is 3.62. The van der Waals surface area contributed by atoms with E-state index in [1.807, 2.05) is 0 Å². The number of likely N-dealkylation sites (tertiary alicyclic amines) is 1. The van der Waals surface area contributed by atoms with Crippen LogP contribution in [-0.4, -0.2) is 34.9 Å². The maximum atomic E-state index is 11.9. The van der Waals surface area contributed by atoms with Gasteiger partial charge in [0.05, 0.1) is 6.04 Å². The highest BCUT2D eigenvalue weighted by atomic mass is 35.5. The van der Waals surface area contributed by atoms with Gasteiger partial charge in [-0.2, -0.15) is 0 Å². The van der Waals surface area contributed by atoms with Crippen LogP contribution >= 0.6 is 11.6 Å². The number of imide groups is 1. The number of aromatic hydroxyl groups is 1. The summed E-state index contributed by atoms with van der Waals surface area (Å²) in [6.45, 7) is 0.282. The van der Waals surface area contributed by atoms with Gasteiger partial charge in [-0.25, -0.2) is 0 Å². The smallest absolute Gasteiger partial charge is 0.246 e. The van der Waals surface area contributed by atoms with Gasteiger partial charge >= 0.3 is 0 Å². The minimum Gasteiger partial charge on any atom is -0.508 e. The van der Waals surface area contributed by atoms with E-state index in [-0.39, 0.29) is 24.1 Å². The van der Waals surface area contributed by atoms with Gasteiger partial charge < -0.3 is 10.4 Å². The van der Waals surface area contributed by atoms with Gasteiger partial charge in [0.2, 0.25) is 11.8 Å². The van der Waals surface area contributed by atoms with Gasteiger partial charge in [-0.1, -0.05) is 17.7 Å². The Kier molecular flexibility index (Phi) is 4.07. The molecule has 2 rings (SSSR count). The Labute approximate surface area is 116 Å². The summed E-state index contributed by atoms with van der Waals surface area (Å²) in [6.07, 6.45) is 0.807. The Balaban J connectivity index is 2.03. The highest BCUT2D eigenvalue weighted by Crippen LogP contribution is 2.25. The summed E-state index contributed by atoms with van der Waals surface area (Å²) in [5.41, 5.74) is 0.552. The molecule has 1 fully saturated rings. The van der Waals surface area contributed by atoms with Crippen molar-refractivity contribution in [1.82, 2.24) is 10.2 Å². The fourth-order valence-corrected chi connectivity index (χ4v) is 2.29. The Morgan fingerprint density at radius 1 is 1.47 bits per heavy atom. The van der Waals surface area contributed by atoms with Gasteiger partial charge in [0, 0.05) is 30.6 Å². The number of phenols is 1. The SMILES string of the molecule is CN1C(=O)CCC(NCc2c(O)cccc2Cl)C1=O. The predicted octanol–water partition coefficient (Wildman–Crippen LogP) is 1.28. The molecule has 1 saturated heterocycles. The minimum absolute atomic E-state index is 0.0905. The lowest BCUT2D eigenvalue weighted by Crippen LogP contribution is -2.51. The van der Waals surface area contributed by atoms with Crippen molar-refractivity contribution in [3.05, 3.63) is 28.8 Å². The molecule has 1 heterocycles. The van der Waals surface area contributed by atoms with Crippen molar-refractivity contribution in [2.75, 3.05) is 7.05 Å². The maximum absolute atomic E-state index is 11.9. The van der Waals surface area contributed by atoms with Crippen LogP contribution in [0.1, 0.15) is 18.4 Å². The number of piperidine rings is 1. The van der Waals surface area contributed by atoms with Crippen molar-refractivity contribution < 1.29 is 14.7 Å². The maximum Gasteiger partial charge on any atom is 0.246 e. The number of hydrogen-bond donors (Lipinski definition) is 2. The van der Waals surface area contributed by atoms with Gasteiger partial charge in [0.1, 0.15) is 5.75 Å². The monoisotopic (exact) mass is 282 g/mol. The van der Waals surface area contributed by atoms with Crippen LogP contribution in [0.25, 0.3) is 0 Å². The molecular weight excluding hydrogens is 268 g/mol. The van der Waals surface area contributed by atoms with Crippen LogP contribution in [-0.2, 0) is 16.1 Å². The third kappa shape index (κ3) is 2.88. The number of carbonyl (C=O) groups is 2. The van der Waals surface area contributed by atoms with Gasteiger partial charge in [-0.15, -0.1) is 0 Å². The second-order valence-corrected chi connectivity index (χ2v) is 4.91. The van der Waals surface area contributed by atoms with Crippen LogP contribution in [0.3, 0.4) is 0 Å². The van der Waals surface area contributed by atoms with Crippen LogP contribution in [0.15, 0.2) is 18.2 Å². The van der Waals surface area contributed by atoms with E-state index in [1.54, 1.807) is 18.2 Å². The summed E-state index contributed by atoms with van der Waals surface area (Å²) < 4.78 is 0. The zero-order valence-electron chi connectivity index (χ0n) is 10.5. The normalized spacial score (nSPS) is 19.9. The molecule has 6 heteroatoms.